The Bertz CT molecular complexity index is 4930. The maximum atomic E-state index is 14.4. The molecular formula is C102H142ClN11O24S. The van der Waals surface area contributed by atoms with E-state index in [4.69, 9.17) is 60.0 Å². The first kappa shape index (κ1) is 111. The lowest BCUT2D eigenvalue weighted by Gasteiger charge is -2.41. The number of unbranched alkanes of at least 4 members (excludes halogenated alkanes) is 1. The number of epoxide rings is 1. The number of nitrogens with two attached hydrogens (primary N) is 1. The van der Waals surface area contributed by atoms with Crippen molar-refractivity contribution in [3.8, 4) is 5.75 Å². The predicted octanol–water partition coefficient (Wildman–Crippen LogP) is 8.56. The number of amides is 11. The highest BCUT2D eigenvalue weighted by molar-refractivity contribution is 8.00. The summed E-state index contributed by atoms with van der Waals surface area (Å²) in [5.41, 5.74) is 8.66. The smallest absolute Gasteiger partial charge is 0.409 e. The Labute approximate surface area is 824 Å². The van der Waals surface area contributed by atoms with Gasteiger partial charge in [0.15, 0.2) is 5.72 Å². The highest BCUT2D eigenvalue weighted by atomic mass is 35.5. The lowest BCUT2D eigenvalue weighted by molar-refractivity contribution is -0.159. The fourth-order valence-electron chi connectivity index (χ4n) is 18.3. The molecule has 0 radical (unpaired) electrons. The van der Waals surface area contributed by atoms with Crippen LogP contribution < -0.4 is 47.3 Å². The van der Waals surface area contributed by atoms with E-state index in [1.165, 1.54) is 49.9 Å². The second-order valence-corrected chi connectivity index (χ2v) is 40.5. The first-order valence-corrected chi connectivity index (χ1v) is 49.6. The standard InChI is InChI=1S/C102H142ClN11O24S/c1-63-24-22-33-83(131-12)102(129)55-81(137-99(128)110-102)65(3)91-92(138-91)80(53-87(118)112(10)78-51-69(48-63)52-79(130-11)90(78)103)136-98(127)66(4)111(9)86(117)38-47-139-82-54-88(119)114(96(82)124)59-68-34-36-70(37-35-68)93(121)105-40-23-31-75(97(125)126)109-94(122)74(30-20-21-39-104)108-95(123)76(50-67-25-14-13-15-26-67)107-85(116)57-101(7,8)62-135-46-44-133-42-41-132-43-45-134-61-100(5,6)56-84(115)106-58-89(120)113-60-72-28-17-16-27-71(72)49-64(2)73-29-18-19-32-77(73)113/h13-19,22,24-29,32-33,49,51-52,65-66,68,70,73-77,80-83,91-92,129H,20-21,23,30-31,34-48,50,53-62,104H2,1-12H3,(H,105,121)(H,106,115)(H,107,116)(H,108,123)(H,109,122)(H,110,128)(H,125,126)/b33-22+,63-24+,64-49-/t65-,66+,68?,70?,73?,74+,75?,76?,77?,80+,81+,82?,83-,91+,92+,102+/m1/s1. The van der Waals surface area contributed by atoms with Gasteiger partial charge >= 0.3 is 18.0 Å². The molecule has 3 aromatic carbocycles. The SMILES string of the molecule is COc1cc2cc(c1Cl)N(C)C(=O)C[C@H](OC(=O)[C@H](C)N(C)C(=O)CCSC1CC(=O)N(CC3CCC(C(=O)NCCCC(NC(=O)[C@H](CCCCN)NC(=O)C(Cc4ccccc4)NC(=O)CC(C)(C)COCCOCCOCCOCC(C)(C)CC(=O)NCC(=O)N4Cc5ccccc5/C=C(/C)C5C=CC=CC54)C(=O)O)CC3)C1=O)[C@@H]1O[C@H]1[C@H](C)[C@@H]1C[C@@](O)(NC(=O)O1)[C@H](OC)/C=C/C=C(\C)C2. The summed E-state index contributed by atoms with van der Waals surface area (Å²) in [6, 6.07) is 15.5. The summed E-state index contributed by atoms with van der Waals surface area (Å²) in [6.45, 7) is 17.7. The lowest BCUT2D eigenvalue weighted by atomic mass is 9.81. The summed E-state index contributed by atoms with van der Waals surface area (Å²) >= 11 is 8.01. The molecule has 35 nitrogen and oxygen atoms in total. The van der Waals surface area contributed by atoms with Crippen LogP contribution in [0, 0.1) is 34.5 Å². The van der Waals surface area contributed by atoms with Crippen LogP contribution in [0.5, 0.6) is 5.75 Å². The zero-order chi connectivity index (χ0) is 101. The number of carboxylic acid groups (broad SMARTS) is 1. The normalized spacial score (nSPS) is 24.5. The summed E-state index contributed by atoms with van der Waals surface area (Å²) in [6.07, 6.45) is 12.7. The average Bonchev–Trinajstić information content (AvgIpc) is 1.62. The quantitative estimate of drug-likeness (QED) is 0.0111. The fourth-order valence-corrected chi connectivity index (χ4v) is 19.7. The van der Waals surface area contributed by atoms with Crippen molar-refractivity contribution >= 4 is 112 Å². The van der Waals surface area contributed by atoms with Crippen LogP contribution >= 0.6 is 23.4 Å². The van der Waals surface area contributed by atoms with Crippen LogP contribution in [-0.2, 0) is 115 Å². The van der Waals surface area contributed by atoms with Crippen molar-refractivity contribution in [1.29, 1.82) is 0 Å². The van der Waals surface area contributed by atoms with Gasteiger partial charge in [0.25, 0.3) is 0 Å². The van der Waals surface area contributed by atoms with E-state index in [-0.39, 0.29) is 162 Å². The number of aliphatic carboxylic acids is 1. The van der Waals surface area contributed by atoms with Crippen LogP contribution in [-0.4, -0.2) is 287 Å². The van der Waals surface area contributed by atoms with Gasteiger partial charge in [0.05, 0.1) is 96.0 Å². The molecule has 4 bridgehead atoms. The molecule has 0 aromatic heterocycles. The number of anilines is 1. The van der Waals surface area contributed by atoms with Gasteiger partial charge < -0.3 is 99.9 Å². The third kappa shape index (κ3) is 32.8. The van der Waals surface area contributed by atoms with Gasteiger partial charge in [0, 0.05) is 103 Å². The third-order valence-electron chi connectivity index (χ3n) is 26.5. The van der Waals surface area contributed by atoms with Crippen molar-refractivity contribution in [2.75, 3.05) is 118 Å². The monoisotopic (exact) mass is 1970 g/mol. The largest absolute Gasteiger partial charge is 0.495 e. The van der Waals surface area contributed by atoms with E-state index in [2.05, 4.69) is 57.0 Å². The Morgan fingerprint density at radius 3 is 2.08 bits per heavy atom. The van der Waals surface area contributed by atoms with Gasteiger partial charge in [0.2, 0.25) is 59.1 Å². The molecule has 1 saturated carbocycles. The van der Waals surface area contributed by atoms with E-state index in [1.54, 1.807) is 55.5 Å². The number of carbonyl (C=O) groups is 13. The first-order chi connectivity index (χ1) is 66.3. The highest BCUT2D eigenvalue weighted by Crippen LogP contribution is 2.43. The van der Waals surface area contributed by atoms with Crippen molar-refractivity contribution in [2.45, 2.75) is 243 Å². The minimum absolute atomic E-state index is 0.0270. The fraction of sp³-hybridized carbons (Fsp3) is 0.598. The Kier molecular flexibility index (Phi) is 42.1. The molecule has 10 N–H and O–H groups in total. The third-order valence-corrected chi connectivity index (χ3v) is 28.1. The Balaban J connectivity index is 0.602. The number of allylic oxidation sites excluding steroid dienone is 5. The van der Waals surface area contributed by atoms with Gasteiger partial charge in [-0.3, -0.25) is 58.2 Å². The lowest BCUT2D eigenvalue weighted by Crippen LogP contribution is -2.63. The number of imide groups is 1. The molecule has 3 aromatic rings. The van der Waals surface area contributed by atoms with Gasteiger partial charge in [-0.1, -0.05) is 161 Å². The first-order valence-electron chi connectivity index (χ1n) is 48.2. The number of methoxy groups -OCH3 is 2. The minimum atomic E-state index is -1.91. The van der Waals surface area contributed by atoms with E-state index in [0.29, 0.717) is 95.9 Å². The molecule has 762 valence electrons. The molecule has 2 aliphatic carbocycles. The molecule has 37 heteroatoms. The summed E-state index contributed by atoms with van der Waals surface area (Å²) in [5, 5.41) is 38.2. The number of alkyl carbamates (subject to hydrolysis) is 1. The van der Waals surface area contributed by atoms with Crippen molar-refractivity contribution in [3.63, 3.8) is 0 Å². The number of likely N-dealkylation sites (tertiary alicyclic amines) is 1. The van der Waals surface area contributed by atoms with Gasteiger partial charge in [-0.2, -0.15) is 0 Å². The number of ether oxygens (including phenoxy) is 9. The van der Waals surface area contributed by atoms with Crippen molar-refractivity contribution in [1.82, 2.24) is 46.6 Å². The van der Waals surface area contributed by atoms with E-state index in [0.717, 1.165) is 45.2 Å². The molecule has 14 atom stereocenters. The van der Waals surface area contributed by atoms with Gasteiger partial charge in [-0.25, -0.2) is 14.4 Å². The topological polar surface area (TPSA) is 460 Å². The second kappa shape index (κ2) is 52.9. The molecule has 5 aliphatic heterocycles. The number of aliphatic hydroxyl groups is 1. The zero-order valence-electron chi connectivity index (χ0n) is 82.1. The Morgan fingerprint density at radius 2 is 1.40 bits per heavy atom. The van der Waals surface area contributed by atoms with Crippen molar-refractivity contribution < 1.29 is 115 Å². The molecule has 0 spiro atoms. The number of carboxylic acids is 1. The number of nitrogens with zero attached hydrogens (tertiary/aromatic N) is 4. The number of likely N-dealkylation sites (N-methyl/N-ethyl adjacent to an activating group) is 1. The van der Waals surface area contributed by atoms with Gasteiger partial charge in [0.1, 0.15) is 59.4 Å². The average molecular weight is 1970 g/mol. The minimum Gasteiger partial charge on any atom is -0.495 e. The van der Waals surface area contributed by atoms with Crippen LogP contribution in [0.4, 0.5) is 10.5 Å². The van der Waals surface area contributed by atoms with E-state index < -0.39 is 142 Å². The highest BCUT2D eigenvalue weighted by Gasteiger charge is 2.57. The molecule has 10 rings (SSSR count). The number of thioether (sulfide) groups is 1. The summed E-state index contributed by atoms with van der Waals surface area (Å²) in [5.74, 6) is -7.06. The molecule has 7 aliphatic rings. The van der Waals surface area contributed by atoms with Crippen LogP contribution in [0.25, 0.3) is 6.08 Å². The number of halogens is 1. The number of fused-ring (bicyclic) bond motifs is 7. The molecule has 11 amide bonds. The molecule has 3 saturated heterocycles. The number of carbonyl (C=O) groups excluding carboxylic acids is 12. The number of rotatable bonds is 47. The molecular weight excluding hydrogens is 1830 g/mol. The number of hydrogen-bond acceptors (Lipinski definition) is 25. The van der Waals surface area contributed by atoms with Gasteiger partial charge in [-0.15, -0.1) is 11.8 Å². The van der Waals surface area contributed by atoms with E-state index in [1.807, 2.05) is 88.1 Å². The summed E-state index contributed by atoms with van der Waals surface area (Å²) in [4.78, 5) is 184. The molecule has 4 fully saturated rings. The van der Waals surface area contributed by atoms with Crippen LogP contribution in [0.15, 0.2) is 120 Å². The Morgan fingerprint density at radius 1 is 0.755 bits per heavy atom. The van der Waals surface area contributed by atoms with Crippen LogP contribution in [0.1, 0.15) is 174 Å². The van der Waals surface area contributed by atoms with Crippen LogP contribution in [0.2, 0.25) is 5.02 Å². The van der Waals surface area contributed by atoms with E-state index >= 15 is 0 Å². The number of esters is 1. The number of nitrogens with one attached hydrogen (secondary N) is 6. The van der Waals surface area contributed by atoms with Gasteiger partial charge in [-0.05, 0) is 143 Å². The predicted molar refractivity (Wildman–Crippen MR) is 522 cm³/mol. The number of benzene rings is 3. The number of hydrogen-bond donors (Lipinski definition) is 9. The maximum Gasteiger partial charge on any atom is 0.409 e. The van der Waals surface area contributed by atoms with Crippen LogP contribution in [0.3, 0.4) is 0 Å². The van der Waals surface area contributed by atoms with E-state index in [9.17, 15) is 72.5 Å². The summed E-state index contributed by atoms with van der Waals surface area (Å²) < 4.78 is 52.6. The summed E-state index contributed by atoms with van der Waals surface area (Å²) in [7, 11) is 5.81. The molecule has 5 unspecified atom stereocenters. The maximum absolute atomic E-state index is 14.4. The molecule has 139 heavy (non-hydrogen) atoms. The van der Waals surface area contributed by atoms with Crippen molar-refractivity contribution in [3.05, 3.63) is 148 Å². The zero-order valence-corrected chi connectivity index (χ0v) is 83.7. The Hall–Kier alpha value is -10.4. The molecule has 5 heterocycles. The van der Waals surface area contributed by atoms with Crippen molar-refractivity contribution in [2.24, 2.45) is 40.2 Å². The second-order valence-electron chi connectivity index (χ2n) is 38.8.